The zero-order valence-electron chi connectivity index (χ0n) is 30.4. The predicted octanol–water partition coefficient (Wildman–Crippen LogP) is 9.60. The van der Waals surface area contributed by atoms with Gasteiger partial charge in [-0.05, 0) is 50.7 Å². The second kappa shape index (κ2) is 17.4. The van der Waals surface area contributed by atoms with Gasteiger partial charge in [-0.15, -0.1) is 0 Å². The maximum atomic E-state index is 14.0. The van der Waals surface area contributed by atoms with E-state index >= 15 is 0 Å². The Labute approximate surface area is 308 Å². The molecule has 4 aromatic carbocycles. The molecule has 0 bridgehead atoms. The van der Waals surface area contributed by atoms with Crippen LogP contribution in [0.15, 0.2) is 127 Å². The van der Waals surface area contributed by atoms with Crippen LogP contribution in [-0.2, 0) is 18.3 Å². The standard InChI is InChI=1S/C43H47FNO5PSi/c1-31(2)42-38(39(32-23-25-34(44)26-24-32)29-40(45-42)33-16-9-6-10-17-33)22-15-27-49-51(48)30-35(28-41(46)47)50-52(43(3,4)5,36-18-11-7-12-19-36)37-20-13-8-14-21-37/h6-26,29,31,35,51H,27-28,30H2,1-5H3,(H,46,47)/b22-15+/t35-/m0/s1. The summed E-state index contributed by atoms with van der Waals surface area (Å²) in [5, 5.41) is 11.6. The lowest BCUT2D eigenvalue weighted by molar-refractivity contribution is -0.138. The van der Waals surface area contributed by atoms with Crippen molar-refractivity contribution in [2.45, 2.75) is 58.1 Å². The van der Waals surface area contributed by atoms with E-state index in [1.807, 2.05) is 103 Å². The number of halogens is 1. The van der Waals surface area contributed by atoms with Gasteiger partial charge in [0, 0.05) is 17.3 Å². The molecule has 0 saturated heterocycles. The first-order chi connectivity index (χ1) is 24.9. The quantitative estimate of drug-likeness (QED) is 0.0852. The van der Waals surface area contributed by atoms with Crippen molar-refractivity contribution >= 4 is 38.8 Å². The van der Waals surface area contributed by atoms with Gasteiger partial charge in [0.2, 0.25) is 0 Å². The lowest BCUT2D eigenvalue weighted by atomic mass is 9.92. The molecular formula is C43H47FNO5PSi. The van der Waals surface area contributed by atoms with E-state index in [9.17, 15) is 18.9 Å². The average Bonchev–Trinajstić information content (AvgIpc) is 3.12. The first-order valence-electron chi connectivity index (χ1n) is 17.6. The molecule has 6 nitrogen and oxygen atoms in total. The molecule has 0 spiro atoms. The van der Waals surface area contributed by atoms with Crippen LogP contribution >= 0.6 is 8.03 Å². The van der Waals surface area contributed by atoms with Crippen molar-refractivity contribution in [3.05, 3.63) is 144 Å². The fraction of sp³-hybridized carbons (Fsp3) is 0.256. The smallest absolute Gasteiger partial charge is 0.305 e. The van der Waals surface area contributed by atoms with Crippen LogP contribution in [0.1, 0.15) is 58.2 Å². The second-order valence-corrected chi connectivity index (χ2v) is 19.9. The van der Waals surface area contributed by atoms with Crippen LogP contribution in [0.25, 0.3) is 28.5 Å². The fourth-order valence-electron chi connectivity index (χ4n) is 6.66. The van der Waals surface area contributed by atoms with Gasteiger partial charge in [0.25, 0.3) is 8.32 Å². The highest BCUT2D eigenvalue weighted by Crippen LogP contribution is 2.39. The van der Waals surface area contributed by atoms with Gasteiger partial charge < -0.3 is 14.1 Å². The fourth-order valence-corrected chi connectivity index (χ4v) is 12.5. The van der Waals surface area contributed by atoms with Crippen LogP contribution < -0.4 is 10.4 Å². The molecule has 9 heteroatoms. The summed E-state index contributed by atoms with van der Waals surface area (Å²) < 4.78 is 40.4. The second-order valence-electron chi connectivity index (χ2n) is 14.2. The summed E-state index contributed by atoms with van der Waals surface area (Å²) in [5.74, 6) is -1.28. The van der Waals surface area contributed by atoms with Crippen LogP contribution in [0.2, 0.25) is 5.04 Å². The minimum absolute atomic E-state index is 0.0393. The molecule has 0 saturated carbocycles. The third-order valence-electron chi connectivity index (χ3n) is 9.04. The van der Waals surface area contributed by atoms with E-state index in [1.165, 1.54) is 12.1 Å². The van der Waals surface area contributed by atoms with E-state index < -0.39 is 28.4 Å². The van der Waals surface area contributed by atoms with Gasteiger partial charge in [0.15, 0.2) is 8.03 Å². The average molecular weight is 736 g/mol. The number of hydrogen-bond acceptors (Lipinski definition) is 5. The topological polar surface area (TPSA) is 85.7 Å². The number of carbonyl (C=O) groups is 1. The van der Waals surface area contributed by atoms with Gasteiger partial charge in [-0.3, -0.25) is 14.3 Å². The van der Waals surface area contributed by atoms with Crippen LogP contribution in [-0.4, -0.2) is 43.2 Å². The Hall–Kier alpha value is -4.46. The number of nitrogens with zero attached hydrogens (tertiary/aromatic N) is 1. The summed E-state index contributed by atoms with van der Waals surface area (Å²) in [4.78, 5) is 17.2. The molecule has 1 aromatic heterocycles. The zero-order chi connectivity index (χ0) is 37.3. The number of carboxylic acid groups (broad SMARTS) is 1. The van der Waals surface area contributed by atoms with Gasteiger partial charge in [-0.2, -0.15) is 0 Å². The summed E-state index contributed by atoms with van der Waals surface area (Å²) in [6, 6.07) is 38.3. The van der Waals surface area contributed by atoms with E-state index in [-0.39, 0.29) is 36.0 Å². The number of aliphatic carboxylic acids is 1. The summed E-state index contributed by atoms with van der Waals surface area (Å²) >= 11 is 0. The molecule has 1 unspecified atom stereocenters. The highest BCUT2D eigenvalue weighted by molar-refractivity contribution is 7.39. The molecule has 0 amide bonds. The van der Waals surface area contributed by atoms with E-state index in [1.54, 1.807) is 18.2 Å². The molecule has 0 aliphatic carbocycles. The molecule has 5 aromatic rings. The molecule has 270 valence electrons. The third-order valence-corrected chi connectivity index (χ3v) is 15.4. The molecule has 2 atom stereocenters. The molecule has 0 fully saturated rings. The van der Waals surface area contributed by atoms with Crippen molar-refractivity contribution in [3.63, 3.8) is 0 Å². The summed E-state index contributed by atoms with van der Waals surface area (Å²) in [7, 11) is -5.83. The molecule has 0 radical (unpaired) electrons. The number of hydrogen-bond donors (Lipinski definition) is 1. The minimum Gasteiger partial charge on any atom is -0.481 e. The van der Waals surface area contributed by atoms with Crippen molar-refractivity contribution in [2.24, 2.45) is 0 Å². The van der Waals surface area contributed by atoms with Crippen molar-refractivity contribution in [3.8, 4) is 22.4 Å². The summed E-state index contributed by atoms with van der Waals surface area (Å²) in [6.07, 6.45) is 2.53. The molecule has 5 rings (SSSR count). The summed E-state index contributed by atoms with van der Waals surface area (Å²) in [6.45, 7) is 10.5. The number of benzene rings is 4. The first-order valence-corrected chi connectivity index (χ1v) is 21.0. The van der Waals surface area contributed by atoms with Crippen LogP contribution in [0, 0.1) is 5.82 Å². The van der Waals surface area contributed by atoms with Crippen LogP contribution in [0.5, 0.6) is 0 Å². The minimum atomic E-state index is -3.10. The Morgan fingerprint density at radius 2 is 1.42 bits per heavy atom. The number of aromatic nitrogens is 1. The largest absolute Gasteiger partial charge is 0.481 e. The zero-order valence-corrected chi connectivity index (χ0v) is 32.4. The molecule has 1 N–H and O–H groups in total. The van der Waals surface area contributed by atoms with E-state index in [0.29, 0.717) is 0 Å². The van der Waals surface area contributed by atoms with Crippen molar-refractivity contribution in [2.75, 3.05) is 12.8 Å². The van der Waals surface area contributed by atoms with Gasteiger partial charge >= 0.3 is 5.97 Å². The molecule has 52 heavy (non-hydrogen) atoms. The number of pyridine rings is 1. The van der Waals surface area contributed by atoms with E-state index in [2.05, 4.69) is 34.6 Å². The Morgan fingerprint density at radius 3 is 1.94 bits per heavy atom. The first kappa shape index (κ1) is 38.8. The summed E-state index contributed by atoms with van der Waals surface area (Å²) in [5.41, 5.74) is 5.25. The van der Waals surface area contributed by atoms with Gasteiger partial charge in [0.05, 0.1) is 30.5 Å². The van der Waals surface area contributed by atoms with E-state index in [0.717, 1.165) is 44.0 Å². The Morgan fingerprint density at radius 1 is 0.865 bits per heavy atom. The van der Waals surface area contributed by atoms with Gasteiger partial charge in [-0.1, -0.05) is 150 Å². The normalized spacial score (nSPS) is 13.4. The Kier molecular flexibility index (Phi) is 12.9. The lowest BCUT2D eigenvalue weighted by Crippen LogP contribution is -2.68. The third kappa shape index (κ3) is 9.30. The van der Waals surface area contributed by atoms with Crippen LogP contribution in [0.4, 0.5) is 4.39 Å². The van der Waals surface area contributed by atoms with Crippen molar-refractivity contribution < 1.29 is 27.8 Å². The van der Waals surface area contributed by atoms with Gasteiger partial charge in [-0.25, -0.2) is 4.39 Å². The molecule has 0 aliphatic heterocycles. The monoisotopic (exact) mass is 735 g/mol. The lowest BCUT2D eigenvalue weighted by Gasteiger charge is -2.45. The van der Waals surface area contributed by atoms with Gasteiger partial charge in [0.1, 0.15) is 5.82 Å². The maximum absolute atomic E-state index is 14.0. The highest BCUT2D eigenvalue weighted by atomic mass is 31.1. The molecule has 1 heterocycles. The van der Waals surface area contributed by atoms with Crippen molar-refractivity contribution in [1.82, 2.24) is 4.98 Å². The van der Waals surface area contributed by atoms with Crippen molar-refractivity contribution in [1.29, 1.82) is 0 Å². The van der Waals surface area contributed by atoms with E-state index in [4.69, 9.17) is 13.9 Å². The molecular weight excluding hydrogens is 689 g/mol. The number of carboxylic acids is 1. The predicted molar refractivity (Wildman–Crippen MR) is 213 cm³/mol. The number of rotatable bonds is 15. The Bertz CT molecular complexity index is 1940. The Balaban J connectivity index is 1.41. The van der Waals surface area contributed by atoms with Crippen LogP contribution in [0.3, 0.4) is 0 Å². The molecule has 0 aliphatic rings. The SMILES string of the molecule is CC(C)c1nc(-c2ccccc2)cc(-c2ccc(F)cc2)c1/C=C/CO[PH](=O)C[C@H](CC(=O)O)O[Si](c1ccccc1)(c1ccccc1)C(C)(C)C. The highest BCUT2D eigenvalue weighted by Gasteiger charge is 2.51. The maximum Gasteiger partial charge on any atom is 0.305 e.